The molecular weight excluding hydrogens is 196 g/mol. The van der Waals surface area contributed by atoms with Crippen LogP contribution in [0.5, 0.6) is 0 Å². The molecule has 0 amide bonds. The molecule has 0 aromatic carbocycles. The highest BCUT2D eigenvalue weighted by Gasteiger charge is 1.75. The van der Waals surface area contributed by atoms with Crippen LogP contribution in [0.4, 0.5) is 0 Å². The first kappa shape index (κ1) is 14.2. The van der Waals surface area contributed by atoms with Gasteiger partial charge >= 0.3 is 0 Å². The number of allylic oxidation sites excluding steroid dienone is 9. The van der Waals surface area contributed by atoms with Gasteiger partial charge in [0, 0.05) is 0 Å². The van der Waals surface area contributed by atoms with E-state index in [2.05, 4.69) is 6.58 Å². The van der Waals surface area contributed by atoms with E-state index in [0.29, 0.717) is 0 Å². The molecule has 0 bridgehead atoms. The zero-order chi connectivity index (χ0) is 12.2. The minimum absolute atomic E-state index is 1.10. The molecule has 0 aliphatic heterocycles. The first-order valence-corrected chi connectivity index (χ1v) is 5.28. The smallest absolute Gasteiger partial charge is 0.0901 e. The maximum Gasteiger partial charge on any atom is 0.0901 e. The molecule has 0 saturated carbocycles. The summed E-state index contributed by atoms with van der Waals surface area (Å²) in [6.07, 6.45) is 16.7. The van der Waals surface area contributed by atoms with Crippen LogP contribution in [0.15, 0.2) is 72.8 Å². The normalized spacial score (nSPS) is 14.2. The average molecular weight is 216 g/mol. The Morgan fingerprint density at radius 2 is 1.69 bits per heavy atom. The molecule has 0 rings (SSSR count). The molecule has 0 aromatic heterocycles. The Balaban J connectivity index is 3.87. The Hall–Kier alpha value is -1.76. The van der Waals surface area contributed by atoms with E-state index < -0.39 is 0 Å². The molecular formula is C15H20O. The summed E-state index contributed by atoms with van der Waals surface area (Å²) in [5.41, 5.74) is 2.33. The van der Waals surface area contributed by atoms with Crippen molar-refractivity contribution < 1.29 is 4.74 Å². The van der Waals surface area contributed by atoms with E-state index in [1.54, 1.807) is 18.6 Å². The second-order valence-corrected chi connectivity index (χ2v) is 3.30. The Bertz CT molecular complexity index is 338. The second-order valence-electron chi connectivity index (χ2n) is 3.30. The highest BCUT2D eigenvalue weighted by Crippen LogP contribution is 1.95. The van der Waals surface area contributed by atoms with Crippen molar-refractivity contribution in [2.75, 3.05) is 0 Å². The lowest BCUT2D eigenvalue weighted by Crippen LogP contribution is -1.67. The quantitative estimate of drug-likeness (QED) is 0.462. The zero-order valence-electron chi connectivity index (χ0n) is 10.3. The van der Waals surface area contributed by atoms with Gasteiger partial charge in [-0.3, -0.25) is 0 Å². The first-order chi connectivity index (χ1) is 7.70. The summed E-state index contributed by atoms with van der Waals surface area (Å²) < 4.78 is 5.13. The van der Waals surface area contributed by atoms with E-state index in [4.69, 9.17) is 4.74 Å². The maximum absolute atomic E-state index is 5.13. The maximum atomic E-state index is 5.13. The second kappa shape index (κ2) is 9.78. The summed E-state index contributed by atoms with van der Waals surface area (Å²) >= 11 is 0. The molecule has 1 heteroatoms. The first-order valence-electron chi connectivity index (χ1n) is 5.28. The van der Waals surface area contributed by atoms with Crippen molar-refractivity contribution in [1.82, 2.24) is 0 Å². The summed E-state index contributed by atoms with van der Waals surface area (Å²) in [5.74, 6) is 0. The minimum atomic E-state index is 1.10. The third-order valence-corrected chi connectivity index (χ3v) is 1.92. The summed E-state index contributed by atoms with van der Waals surface area (Å²) in [5, 5.41) is 0. The Labute approximate surface area is 98.8 Å². The van der Waals surface area contributed by atoms with Gasteiger partial charge in [0.2, 0.25) is 0 Å². The number of hydrogen-bond donors (Lipinski definition) is 0. The Morgan fingerprint density at radius 1 is 1.00 bits per heavy atom. The third-order valence-electron chi connectivity index (χ3n) is 1.92. The van der Waals surface area contributed by atoms with Crippen LogP contribution in [0.2, 0.25) is 0 Å². The van der Waals surface area contributed by atoms with Crippen LogP contribution in [0.1, 0.15) is 20.8 Å². The van der Waals surface area contributed by atoms with Gasteiger partial charge in [0.25, 0.3) is 0 Å². The molecule has 0 aliphatic rings. The molecule has 0 aromatic rings. The fraction of sp³-hybridized carbons (Fsp3) is 0.200. The molecule has 0 atom stereocenters. The lowest BCUT2D eigenvalue weighted by molar-refractivity contribution is 0.403. The highest BCUT2D eigenvalue weighted by molar-refractivity contribution is 5.20. The van der Waals surface area contributed by atoms with E-state index >= 15 is 0 Å². The standard InChI is InChI=1S/C15H20O/c1-5-14(3)10-7-8-12-16-13-9-11-15(4)6-2/h5-13H,2H2,1,3-4H3/b10-7-,12-8+,13-9+,14-5-,15-11-. The Morgan fingerprint density at radius 3 is 2.31 bits per heavy atom. The summed E-state index contributed by atoms with van der Waals surface area (Å²) in [6.45, 7) is 9.70. The van der Waals surface area contributed by atoms with E-state index in [-0.39, 0.29) is 0 Å². The van der Waals surface area contributed by atoms with Crippen molar-refractivity contribution in [3.63, 3.8) is 0 Å². The summed E-state index contributed by atoms with van der Waals surface area (Å²) in [4.78, 5) is 0. The highest BCUT2D eigenvalue weighted by atomic mass is 16.5. The Kier molecular flexibility index (Phi) is 8.71. The van der Waals surface area contributed by atoms with Crippen molar-refractivity contribution in [3.05, 3.63) is 72.8 Å². The molecule has 0 spiro atoms. The fourth-order valence-electron chi connectivity index (χ4n) is 0.744. The number of hydrogen-bond acceptors (Lipinski definition) is 1. The molecule has 0 aliphatic carbocycles. The van der Waals surface area contributed by atoms with Gasteiger partial charge in [-0.2, -0.15) is 0 Å². The zero-order valence-corrected chi connectivity index (χ0v) is 10.3. The van der Waals surface area contributed by atoms with Crippen molar-refractivity contribution in [2.45, 2.75) is 20.8 Å². The monoisotopic (exact) mass is 216 g/mol. The molecule has 0 saturated heterocycles. The van der Waals surface area contributed by atoms with E-state index in [1.807, 2.05) is 57.2 Å². The van der Waals surface area contributed by atoms with Gasteiger partial charge in [0.15, 0.2) is 0 Å². The molecule has 0 heterocycles. The van der Waals surface area contributed by atoms with E-state index in [9.17, 15) is 0 Å². The van der Waals surface area contributed by atoms with Crippen LogP contribution in [0, 0.1) is 0 Å². The van der Waals surface area contributed by atoms with Gasteiger partial charge in [-0.25, -0.2) is 0 Å². The topological polar surface area (TPSA) is 9.23 Å². The molecule has 0 radical (unpaired) electrons. The van der Waals surface area contributed by atoms with Gasteiger partial charge in [0.1, 0.15) is 0 Å². The average Bonchev–Trinajstić information content (AvgIpc) is 2.31. The lowest BCUT2D eigenvalue weighted by atomic mass is 10.3. The van der Waals surface area contributed by atoms with Crippen molar-refractivity contribution in [3.8, 4) is 0 Å². The molecule has 0 fully saturated rings. The SMILES string of the molecule is C=C/C(C)=C\C=C\O/C=C/C=C\C(C)=C/C. The van der Waals surface area contributed by atoms with Crippen molar-refractivity contribution >= 4 is 0 Å². The van der Waals surface area contributed by atoms with Crippen LogP contribution >= 0.6 is 0 Å². The van der Waals surface area contributed by atoms with Gasteiger partial charge < -0.3 is 4.74 Å². The molecule has 0 N–H and O–H groups in total. The van der Waals surface area contributed by atoms with Crippen molar-refractivity contribution in [1.29, 1.82) is 0 Å². The van der Waals surface area contributed by atoms with Crippen LogP contribution in [0.3, 0.4) is 0 Å². The van der Waals surface area contributed by atoms with Gasteiger partial charge in [-0.05, 0) is 32.9 Å². The molecule has 16 heavy (non-hydrogen) atoms. The molecule has 0 unspecified atom stereocenters. The fourth-order valence-corrected chi connectivity index (χ4v) is 0.744. The lowest BCUT2D eigenvalue weighted by Gasteiger charge is -1.88. The largest absolute Gasteiger partial charge is 0.473 e. The predicted molar refractivity (Wildman–Crippen MR) is 71.9 cm³/mol. The van der Waals surface area contributed by atoms with Gasteiger partial charge in [-0.15, -0.1) is 0 Å². The molecule has 86 valence electrons. The van der Waals surface area contributed by atoms with Crippen LogP contribution in [0.25, 0.3) is 0 Å². The minimum Gasteiger partial charge on any atom is -0.473 e. The van der Waals surface area contributed by atoms with Crippen LogP contribution < -0.4 is 0 Å². The van der Waals surface area contributed by atoms with Crippen LogP contribution in [-0.2, 0) is 4.74 Å². The number of rotatable bonds is 6. The van der Waals surface area contributed by atoms with E-state index in [1.165, 1.54) is 5.57 Å². The third kappa shape index (κ3) is 8.82. The van der Waals surface area contributed by atoms with Gasteiger partial charge in [-0.1, -0.05) is 48.1 Å². The molecule has 1 nitrogen and oxygen atoms in total. The summed E-state index contributed by atoms with van der Waals surface area (Å²) in [7, 11) is 0. The van der Waals surface area contributed by atoms with Gasteiger partial charge in [0.05, 0.1) is 12.5 Å². The summed E-state index contributed by atoms with van der Waals surface area (Å²) in [6, 6.07) is 0. The van der Waals surface area contributed by atoms with Crippen LogP contribution in [-0.4, -0.2) is 0 Å². The van der Waals surface area contributed by atoms with Crippen molar-refractivity contribution in [2.24, 2.45) is 0 Å². The predicted octanol–water partition coefficient (Wildman–Crippen LogP) is 4.69. The number of ether oxygens (including phenoxy) is 1. The van der Waals surface area contributed by atoms with E-state index in [0.717, 1.165) is 5.57 Å².